The first kappa shape index (κ1) is 12.1. The molecule has 0 unspecified atom stereocenters. The first-order valence-electron chi connectivity index (χ1n) is 5.83. The summed E-state index contributed by atoms with van der Waals surface area (Å²) in [6.45, 7) is 0.736. The Morgan fingerprint density at radius 2 is 2.33 bits per heavy atom. The Bertz CT molecular complexity index is 540. The summed E-state index contributed by atoms with van der Waals surface area (Å²) in [5.74, 6) is 0.207. The monoisotopic (exact) mass is 326 g/mol. The fraction of sp³-hybridized carbons (Fsp3) is 0.308. The van der Waals surface area contributed by atoms with E-state index in [0.717, 1.165) is 19.4 Å². The van der Waals surface area contributed by atoms with Crippen molar-refractivity contribution in [3.63, 3.8) is 0 Å². The van der Waals surface area contributed by atoms with E-state index >= 15 is 0 Å². The van der Waals surface area contributed by atoms with Crippen LogP contribution in [0.15, 0.2) is 33.6 Å². The van der Waals surface area contributed by atoms with Crippen LogP contribution in [0, 0.1) is 5.82 Å². The quantitative estimate of drug-likeness (QED) is 0.836. The highest BCUT2D eigenvalue weighted by Crippen LogP contribution is 2.34. The third-order valence-electron chi connectivity index (χ3n) is 2.98. The summed E-state index contributed by atoms with van der Waals surface area (Å²) in [6.07, 6.45) is 3.91. The third kappa shape index (κ3) is 2.57. The summed E-state index contributed by atoms with van der Waals surface area (Å²) < 4.78 is 14.7. The van der Waals surface area contributed by atoms with Gasteiger partial charge in [0.25, 0.3) is 0 Å². The third-order valence-corrected chi connectivity index (χ3v) is 4.15. The summed E-state index contributed by atoms with van der Waals surface area (Å²) >= 11 is 4.91. The molecule has 0 aliphatic heterocycles. The molecule has 0 saturated heterocycles. The molecule has 0 atom stereocenters. The molecule has 0 amide bonds. The molecule has 1 fully saturated rings. The van der Waals surface area contributed by atoms with E-state index in [1.165, 1.54) is 11.6 Å². The minimum Gasteiger partial charge on any atom is -0.347 e. The number of rotatable bonds is 4. The zero-order valence-corrected chi connectivity index (χ0v) is 12.0. The van der Waals surface area contributed by atoms with Gasteiger partial charge in [0.2, 0.25) is 0 Å². The Labute approximate surface area is 118 Å². The van der Waals surface area contributed by atoms with Crippen molar-refractivity contribution in [1.82, 2.24) is 4.98 Å². The van der Waals surface area contributed by atoms with Crippen molar-refractivity contribution in [2.24, 2.45) is 0 Å². The maximum absolute atomic E-state index is 14.0. The van der Waals surface area contributed by atoms with Gasteiger partial charge in [-0.1, -0.05) is 0 Å². The highest BCUT2D eigenvalue weighted by Gasteiger charge is 2.31. The van der Waals surface area contributed by atoms with Crippen molar-refractivity contribution in [3.8, 4) is 0 Å². The van der Waals surface area contributed by atoms with E-state index in [4.69, 9.17) is 0 Å². The fourth-order valence-corrected chi connectivity index (χ4v) is 2.92. The molecule has 0 radical (unpaired) electrons. The molecule has 1 aliphatic carbocycles. The van der Waals surface area contributed by atoms with Crippen molar-refractivity contribution in [1.29, 1.82) is 0 Å². The number of aromatic nitrogens is 1. The number of anilines is 1. The second-order valence-corrected chi connectivity index (χ2v) is 6.15. The molecule has 2 nitrogen and oxygen atoms in total. The molecule has 1 aliphatic rings. The molecule has 94 valence electrons. The van der Waals surface area contributed by atoms with Crippen LogP contribution in [0.1, 0.15) is 18.4 Å². The predicted molar refractivity (Wildman–Crippen MR) is 75.4 cm³/mol. The number of hydrogen-bond donors (Lipinski definition) is 0. The molecule has 0 spiro atoms. The van der Waals surface area contributed by atoms with Gasteiger partial charge >= 0.3 is 0 Å². The van der Waals surface area contributed by atoms with Crippen molar-refractivity contribution < 1.29 is 4.39 Å². The van der Waals surface area contributed by atoms with Gasteiger partial charge in [-0.3, -0.25) is 0 Å². The van der Waals surface area contributed by atoms with Crippen LogP contribution < -0.4 is 4.90 Å². The highest BCUT2D eigenvalue weighted by molar-refractivity contribution is 9.10. The normalized spacial score (nSPS) is 14.8. The van der Waals surface area contributed by atoms with Gasteiger partial charge in [0, 0.05) is 23.3 Å². The molecule has 0 N–H and O–H groups in total. The van der Waals surface area contributed by atoms with E-state index < -0.39 is 0 Å². The molecule has 3 rings (SSSR count). The minimum atomic E-state index is -0.258. The number of halogens is 2. The van der Waals surface area contributed by atoms with Gasteiger partial charge in [-0.2, -0.15) is 11.3 Å². The topological polar surface area (TPSA) is 16.1 Å². The second kappa shape index (κ2) is 4.97. The van der Waals surface area contributed by atoms with Crippen molar-refractivity contribution in [3.05, 3.63) is 44.9 Å². The Kier molecular flexibility index (Phi) is 3.35. The molecule has 2 heterocycles. The fourth-order valence-electron chi connectivity index (χ4n) is 1.96. The van der Waals surface area contributed by atoms with Crippen LogP contribution in [-0.4, -0.2) is 11.0 Å². The Morgan fingerprint density at radius 3 is 2.94 bits per heavy atom. The van der Waals surface area contributed by atoms with Crippen LogP contribution in [0.5, 0.6) is 0 Å². The zero-order valence-electron chi connectivity index (χ0n) is 9.64. The van der Waals surface area contributed by atoms with Gasteiger partial charge in [0.05, 0.1) is 0 Å². The molecule has 0 bridgehead atoms. The first-order chi connectivity index (χ1) is 8.74. The summed E-state index contributed by atoms with van der Waals surface area (Å²) in [6, 6.07) is 4.00. The van der Waals surface area contributed by atoms with E-state index in [-0.39, 0.29) is 5.82 Å². The molecule has 2 aromatic heterocycles. The molecular formula is C13H12BrFN2S. The van der Waals surface area contributed by atoms with Crippen molar-refractivity contribution in [2.45, 2.75) is 25.4 Å². The maximum atomic E-state index is 14.0. The van der Waals surface area contributed by atoms with Gasteiger partial charge in [-0.25, -0.2) is 9.37 Å². The van der Waals surface area contributed by atoms with Crippen molar-refractivity contribution in [2.75, 3.05) is 4.90 Å². The van der Waals surface area contributed by atoms with Crippen LogP contribution in [-0.2, 0) is 6.54 Å². The average molecular weight is 327 g/mol. The van der Waals surface area contributed by atoms with E-state index in [9.17, 15) is 4.39 Å². The number of pyridine rings is 1. The van der Waals surface area contributed by atoms with Gasteiger partial charge < -0.3 is 4.90 Å². The summed E-state index contributed by atoms with van der Waals surface area (Å²) in [5.41, 5.74) is 1.22. The highest BCUT2D eigenvalue weighted by atomic mass is 79.9. The van der Waals surface area contributed by atoms with Gasteiger partial charge in [-0.15, -0.1) is 0 Å². The molecule has 5 heteroatoms. The lowest BCUT2D eigenvalue weighted by Crippen LogP contribution is -2.26. The summed E-state index contributed by atoms with van der Waals surface area (Å²) in [4.78, 5) is 6.30. The van der Waals surface area contributed by atoms with Gasteiger partial charge in [0.15, 0.2) is 11.6 Å². The van der Waals surface area contributed by atoms with E-state index in [1.54, 1.807) is 17.5 Å². The molecule has 1 saturated carbocycles. The standard InChI is InChI=1S/C13H12BrFN2S/c14-10-5-12(15)13(16-6-10)17(11-1-2-11)7-9-3-4-18-8-9/h3-6,8,11H,1-2,7H2. The van der Waals surface area contributed by atoms with E-state index in [1.807, 2.05) is 5.38 Å². The van der Waals surface area contributed by atoms with Crippen LogP contribution in [0.3, 0.4) is 0 Å². The molecule has 0 aromatic carbocycles. The molecule has 18 heavy (non-hydrogen) atoms. The lowest BCUT2D eigenvalue weighted by molar-refractivity contribution is 0.605. The van der Waals surface area contributed by atoms with Crippen molar-refractivity contribution >= 4 is 33.1 Å². The summed E-state index contributed by atoms with van der Waals surface area (Å²) in [5, 5.41) is 4.15. The lowest BCUT2D eigenvalue weighted by atomic mass is 10.3. The maximum Gasteiger partial charge on any atom is 0.166 e. The minimum absolute atomic E-state index is 0.258. The first-order valence-corrected chi connectivity index (χ1v) is 7.56. The number of thiophene rings is 1. The van der Waals surface area contributed by atoms with E-state index in [2.05, 4.69) is 37.3 Å². The molecular weight excluding hydrogens is 315 g/mol. The second-order valence-electron chi connectivity index (χ2n) is 4.45. The summed E-state index contributed by atoms with van der Waals surface area (Å²) in [7, 11) is 0. The van der Waals surface area contributed by atoms with Gasteiger partial charge in [0.1, 0.15) is 0 Å². The zero-order chi connectivity index (χ0) is 12.5. The van der Waals surface area contributed by atoms with Crippen LogP contribution in [0.25, 0.3) is 0 Å². The average Bonchev–Trinajstić information content (AvgIpc) is 3.05. The smallest absolute Gasteiger partial charge is 0.166 e. The SMILES string of the molecule is Fc1cc(Br)cnc1N(Cc1ccsc1)C1CC1. The predicted octanol–water partition coefficient (Wildman–Crippen LogP) is 4.21. The number of nitrogens with zero attached hydrogens (tertiary/aromatic N) is 2. The Hall–Kier alpha value is -0.940. The lowest BCUT2D eigenvalue weighted by Gasteiger charge is -2.23. The molecule has 2 aromatic rings. The van der Waals surface area contributed by atoms with E-state index in [0.29, 0.717) is 16.3 Å². The largest absolute Gasteiger partial charge is 0.347 e. The Morgan fingerprint density at radius 1 is 1.50 bits per heavy atom. The number of hydrogen-bond acceptors (Lipinski definition) is 3. The van der Waals surface area contributed by atoms with Gasteiger partial charge in [-0.05, 0) is 57.2 Å². The van der Waals surface area contributed by atoms with Crippen LogP contribution in [0.2, 0.25) is 0 Å². The Balaban J connectivity index is 1.89. The van der Waals surface area contributed by atoms with Crippen LogP contribution in [0.4, 0.5) is 10.2 Å². The van der Waals surface area contributed by atoms with Crippen LogP contribution >= 0.6 is 27.3 Å².